The molecular weight excluding hydrogens is 409 g/mol. The van der Waals surface area contributed by atoms with Crippen LogP contribution in [-0.4, -0.2) is 40.3 Å². The summed E-state index contributed by atoms with van der Waals surface area (Å²) in [7, 11) is 3.70. The van der Waals surface area contributed by atoms with E-state index in [1.807, 2.05) is 14.1 Å². The van der Waals surface area contributed by atoms with E-state index in [4.69, 9.17) is 28.5 Å². The highest BCUT2D eigenvalue weighted by Gasteiger charge is 2.12. The number of nitrogens with one attached hydrogen (secondary N) is 1. The molecule has 0 aliphatic rings. The quantitative estimate of drug-likeness (QED) is 0.458. The van der Waals surface area contributed by atoms with Crippen molar-refractivity contribution in [3.63, 3.8) is 0 Å². The fraction of sp³-hybridized carbons (Fsp3) is 0.150. The van der Waals surface area contributed by atoms with Crippen LogP contribution in [0.3, 0.4) is 0 Å². The topological polar surface area (TPSA) is 90.1 Å². The van der Waals surface area contributed by atoms with Gasteiger partial charge in [-0.3, -0.25) is 0 Å². The van der Waals surface area contributed by atoms with Gasteiger partial charge < -0.3 is 10.2 Å². The standard InChI is InChI=1S/C20H17Cl2N7/c1-29(2)12-24-19-26-18(10-15-16(21)4-3-5-17(15)22)27-20(28-19)25-14-8-6-13(11-23)7-9-14/h3-9,12H,10H2,1-2H3,(H,25,26,27,28). The molecule has 1 heterocycles. The molecule has 0 spiro atoms. The molecule has 0 aliphatic heterocycles. The van der Waals surface area contributed by atoms with Crippen molar-refractivity contribution in [1.82, 2.24) is 19.9 Å². The number of hydrogen-bond acceptors (Lipinski definition) is 6. The Balaban J connectivity index is 1.95. The number of nitriles is 1. The van der Waals surface area contributed by atoms with Gasteiger partial charge >= 0.3 is 0 Å². The molecule has 7 nitrogen and oxygen atoms in total. The van der Waals surface area contributed by atoms with Gasteiger partial charge in [0, 0.05) is 36.2 Å². The van der Waals surface area contributed by atoms with E-state index in [0.29, 0.717) is 33.8 Å². The summed E-state index contributed by atoms with van der Waals surface area (Å²) in [5, 5.41) is 13.1. The third-order valence-corrected chi connectivity index (χ3v) is 4.45. The first-order valence-corrected chi connectivity index (χ1v) is 9.36. The maximum absolute atomic E-state index is 8.94. The predicted molar refractivity (Wildman–Crippen MR) is 115 cm³/mol. The molecule has 0 unspecified atom stereocenters. The molecule has 1 N–H and O–H groups in total. The normalized spacial score (nSPS) is 10.7. The van der Waals surface area contributed by atoms with Crippen molar-refractivity contribution >= 4 is 47.1 Å². The molecule has 0 bridgehead atoms. The first kappa shape index (κ1) is 20.5. The van der Waals surface area contributed by atoms with E-state index in [1.165, 1.54) is 0 Å². The van der Waals surface area contributed by atoms with Crippen molar-refractivity contribution in [3.8, 4) is 6.07 Å². The van der Waals surface area contributed by atoms with E-state index >= 15 is 0 Å². The Morgan fingerprint density at radius 1 is 1.07 bits per heavy atom. The number of benzene rings is 2. The first-order chi connectivity index (χ1) is 13.9. The van der Waals surface area contributed by atoms with Gasteiger partial charge in [0.2, 0.25) is 5.95 Å². The molecule has 3 aromatic rings. The summed E-state index contributed by atoms with van der Waals surface area (Å²) in [4.78, 5) is 19.3. The van der Waals surface area contributed by atoms with Crippen molar-refractivity contribution in [2.24, 2.45) is 4.99 Å². The molecule has 146 valence electrons. The lowest BCUT2D eigenvalue weighted by Gasteiger charge is -2.10. The summed E-state index contributed by atoms with van der Waals surface area (Å²) in [5.74, 6) is 1.05. The average molecular weight is 426 g/mol. The first-order valence-electron chi connectivity index (χ1n) is 8.60. The van der Waals surface area contributed by atoms with Crippen LogP contribution >= 0.6 is 23.2 Å². The molecule has 0 saturated heterocycles. The van der Waals surface area contributed by atoms with Crippen molar-refractivity contribution in [3.05, 3.63) is 69.5 Å². The van der Waals surface area contributed by atoms with Crippen LogP contribution in [0.15, 0.2) is 47.5 Å². The molecule has 3 rings (SSSR count). The summed E-state index contributed by atoms with van der Waals surface area (Å²) in [6, 6.07) is 14.4. The van der Waals surface area contributed by atoms with E-state index in [0.717, 1.165) is 11.3 Å². The fourth-order valence-corrected chi connectivity index (χ4v) is 2.91. The lowest BCUT2D eigenvalue weighted by molar-refractivity contribution is 0.642. The predicted octanol–water partition coefficient (Wildman–Crippen LogP) is 4.61. The third-order valence-electron chi connectivity index (χ3n) is 3.74. The van der Waals surface area contributed by atoms with Crippen LogP contribution in [0, 0.1) is 11.3 Å². The van der Waals surface area contributed by atoms with Gasteiger partial charge in [0.25, 0.3) is 5.95 Å². The Hall–Kier alpha value is -3.21. The third kappa shape index (κ3) is 5.64. The summed E-state index contributed by atoms with van der Waals surface area (Å²) in [6.07, 6.45) is 1.93. The number of halogens is 2. The second kappa shape index (κ2) is 9.32. The van der Waals surface area contributed by atoms with Crippen LogP contribution in [0.2, 0.25) is 10.0 Å². The van der Waals surface area contributed by atoms with E-state index in [2.05, 4.69) is 31.3 Å². The molecular formula is C20H17Cl2N7. The van der Waals surface area contributed by atoms with E-state index in [-0.39, 0.29) is 5.95 Å². The van der Waals surface area contributed by atoms with Gasteiger partial charge in [-0.1, -0.05) is 29.3 Å². The number of aromatic nitrogens is 3. The van der Waals surface area contributed by atoms with Crippen LogP contribution in [0.5, 0.6) is 0 Å². The van der Waals surface area contributed by atoms with Crippen LogP contribution in [0.4, 0.5) is 17.6 Å². The Morgan fingerprint density at radius 2 is 1.76 bits per heavy atom. The average Bonchev–Trinajstić information content (AvgIpc) is 2.70. The van der Waals surface area contributed by atoms with Crippen molar-refractivity contribution < 1.29 is 0 Å². The van der Waals surface area contributed by atoms with Crippen LogP contribution in [-0.2, 0) is 6.42 Å². The Kier molecular flexibility index (Phi) is 6.60. The van der Waals surface area contributed by atoms with Gasteiger partial charge in [0.05, 0.1) is 18.0 Å². The second-order valence-corrected chi connectivity index (χ2v) is 7.09. The minimum Gasteiger partial charge on any atom is -0.369 e. The van der Waals surface area contributed by atoms with Gasteiger partial charge in [-0.25, -0.2) is 4.99 Å². The zero-order chi connectivity index (χ0) is 20.8. The maximum atomic E-state index is 8.94. The molecule has 2 aromatic carbocycles. The van der Waals surface area contributed by atoms with E-state index in [1.54, 1.807) is 53.7 Å². The second-order valence-electron chi connectivity index (χ2n) is 6.27. The molecule has 1 aromatic heterocycles. The van der Waals surface area contributed by atoms with Gasteiger partial charge in [0.1, 0.15) is 5.82 Å². The van der Waals surface area contributed by atoms with Crippen LogP contribution in [0.1, 0.15) is 17.0 Å². The van der Waals surface area contributed by atoms with Crippen molar-refractivity contribution in [1.29, 1.82) is 5.26 Å². The Bertz CT molecular complexity index is 1050. The van der Waals surface area contributed by atoms with Crippen molar-refractivity contribution in [2.45, 2.75) is 6.42 Å². The highest BCUT2D eigenvalue weighted by molar-refractivity contribution is 6.36. The number of hydrogen-bond donors (Lipinski definition) is 1. The minimum atomic E-state index is 0.253. The summed E-state index contributed by atoms with van der Waals surface area (Å²) in [5.41, 5.74) is 2.03. The van der Waals surface area contributed by atoms with Gasteiger partial charge in [-0.05, 0) is 42.0 Å². The number of anilines is 2. The zero-order valence-electron chi connectivity index (χ0n) is 15.8. The van der Waals surface area contributed by atoms with E-state index in [9.17, 15) is 0 Å². The largest absolute Gasteiger partial charge is 0.369 e. The monoisotopic (exact) mass is 425 g/mol. The van der Waals surface area contributed by atoms with Gasteiger partial charge in [-0.2, -0.15) is 20.2 Å². The Morgan fingerprint density at radius 3 is 2.38 bits per heavy atom. The summed E-state index contributed by atoms with van der Waals surface area (Å²) < 4.78 is 0. The maximum Gasteiger partial charge on any atom is 0.255 e. The molecule has 0 fully saturated rings. The van der Waals surface area contributed by atoms with Gasteiger partial charge in [-0.15, -0.1) is 0 Å². The summed E-state index contributed by atoms with van der Waals surface area (Å²) in [6.45, 7) is 0. The minimum absolute atomic E-state index is 0.253. The molecule has 0 saturated carbocycles. The summed E-state index contributed by atoms with van der Waals surface area (Å²) >= 11 is 12.6. The van der Waals surface area contributed by atoms with Crippen LogP contribution in [0.25, 0.3) is 0 Å². The molecule has 0 radical (unpaired) electrons. The fourth-order valence-electron chi connectivity index (χ4n) is 2.38. The smallest absolute Gasteiger partial charge is 0.255 e. The van der Waals surface area contributed by atoms with Crippen LogP contribution < -0.4 is 5.32 Å². The molecule has 9 heteroatoms. The Labute approximate surface area is 178 Å². The van der Waals surface area contributed by atoms with Gasteiger partial charge in [0.15, 0.2) is 0 Å². The molecule has 0 aliphatic carbocycles. The number of rotatable bonds is 6. The molecule has 0 atom stereocenters. The molecule has 0 amide bonds. The van der Waals surface area contributed by atoms with E-state index < -0.39 is 0 Å². The molecule has 29 heavy (non-hydrogen) atoms. The lowest BCUT2D eigenvalue weighted by Crippen LogP contribution is -2.08. The number of nitrogens with zero attached hydrogens (tertiary/aromatic N) is 6. The lowest BCUT2D eigenvalue weighted by atomic mass is 10.1. The highest BCUT2D eigenvalue weighted by atomic mass is 35.5. The van der Waals surface area contributed by atoms with Crippen molar-refractivity contribution in [2.75, 3.05) is 19.4 Å². The zero-order valence-corrected chi connectivity index (χ0v) is 17.3. The SMILES string of the molecule is CN(C)C=Nc1nc(Cc2c(Cl)cccc2Cl)nc(Nc2ccc(C#N)cc2)n1. The highest BCUT2D eigenvalue weighted by Crippen LogP contribution is 2.27. The number of aliphatic imine (C=N–C) groups is 1.